The van der Waals surface area contributed by atoms with Gasteiger partial charge in [-0.15, -0.1) is 0 Å². The summed E-state index contributed by atoms with van der Waals surface area (Å²) in [5.41, 5.74) is 0.332. The highest BCUT2D eigenvalue weighted by molar-refractivity contribution is 4.97. The number of piperazine rings is 1. The number of nitrogens with one attached hydrogen (secondary N) is 1. The van der Waals surface area contributed by atoms with E-state index in [0.717, 1.165) is 19.6 Å². The topological polar surface area (TPSA) is 24.5 Å². The minimum absolute atomic E-state index is 0.332. The van der Waals surface area contributed by atoms with E-state index in [1.165, 1.54) is 25.9 Å². The molecule has 3 heteroatoms. The highest BCUT2D eigenvalue weighted by Gasteiger charge is 2.37. The summed E-state index contributed by atoms with van der Waals surface area (Å²) >= 11 is 0. The molecule has 3 nitrogen and oxygen atoms in total. The molecule has 1 rings (SSSR count). The summed E-state index contributed by atoms with van der Waals surface area (Å²) in [6, 6.07) is 0.674. The van der Waals surface area contributed by atoms with Crippen molar-refractivity contribution >= 4 is 0 Å². The van der Waals surface area contributed by atoms with Crippen molar-refractivity contribution < 1.29 is 4.74 Å². The third-order valence-electron chi connectivity index (χ3n) is 4.58. The monoisotopic (exact) mass is 256 g/mol. The Kier molecular flexibility index (Phi) is 6.61. The first kappa shape index (κ1) is 15.9. The first-order valence-corrected chi connectivity index (χ1v) is 7.56. The highest BCUT2D eigenvalue weighted by atomic mass is 16.5. The smallest absolute Gasteiger partial charge is 0.0474 e. The molecule has 0 saturated carbocycles. The van der Waals surface area contributed by atoms with Crippen LogP contribution >= 0.6 is 0 Å². The van der Waals surface area contributed by atoms with Crippen molar-refractivity contribution in [2.45, 2.75) is 58.5 Å². The average Bonchev–Trinajstić information content (AvgIpc) is 2.38. The maximum Gasteiger partial charge on any atom is 0.0474 e. The Hall–Kier alpha value is -0.120. The number of ether oxygens (including phenoxy) is 1. The predicted octanol–water partition coefficient (Wildman–Crippen LogP) is 2.51. The molecule has 1 N–H and O–H groups in total. The lowest BCUT2D eigenvalue weighted by atomic mass is 9.86. The van der Waals surface area contributed by atoms with Crippen LogP contribution in [0.2, 0.25) is 0 Å². The van der Waals surface area contributed by atoms with E-state index in [1.54, 1.807) is 7.11 Å². The van der Waals surface area contributed by atoms with E-state index < -0.39 is 0 Å². The number of rotatable bonds is 7. The van der Waals surface area contributed by atoms with E-state index in [1.807, 2.05) is 0 Å². The van der Waals surface area contributed by atoms with Crippen LogP contribution in [-0.4, -0.2) is 49.8 Å². The van der Waals surface area contributed by atoms with Crippen LogP contribution in [0.25, 0.3) is 0 Å². The number of hydrogen-bond donors (Lipinski definition) is 1. The fourth-order valence-electron chi connectivity index (χ4n) is 3.05. The van der Waals surface area contributed by atoms with Gasteiger partial charge in [-0.1, -0.05) is 27.7 Å². The zero-order valence-corrected chi connectivity index (χ0v) is 13.0. The summed E-state index contributed by atoms with van der Waals surface area (Å²) in [5.74, 6) is 0.715. The van der Waals surface area contributed by atoms with Crippen LogP contribution in [0.1, 0.15) is 47.0 Å². The van der Waals surface area contributed by atoms with Crippen LogP contribution in [0.15, 0.2) is 0 Å². The predicted molar refractivity (Wildman–Crippen MR) is 78.0 cm³/mol. The first-order valence-electron chi connectivity index (χ1n) is 7.56. The molecule has 0 aliphatic carbocycles. The lowest BCUT2D eigenvalue weighted by Gasteiger charge is -2.49. The molecule has 1 aliphatic heterocycles. The maximum atomic E-state index is 5.19. The standard InChI is InChI=1S/C15H32N2O/c1-6-15(7-2)12-17(9-8-10-18-5)14(11-16-15)13(3)4/h13-14,16H,6-12H2,1-5H3. The van der Waals surface area contributed by atoms with Crippen LogP contribution in [0.3, 0.4) is 0 Å². The first-order chi connectivity index (χ1) is 8.58. The molecule has 1 heterocycles. The molecule has 1 aliphatic rings. The Morgan fingerprint density at radius 1 is 1.33 bits per heavy atom. The van der Waals surface area contributed by atoms with E-state index in [4.69, 9.17) is 4.74 Å². The quantitative estimate of drug-likeness (QED) is 0.708. The number of hydrogen-bond acceptors (Lipinski definition) is 3. The molecule has 0 aromatic carbocycles. The fourth-order valence-corrected chi connectivity index (χ4v) is 3.05. The van der Waals surface area contributed by atoms with E-state index in [-0.39, 0.29) is 0 Å². The van der Waals surface area contributed by atoms with Crippen LogP contribution in [0.5, 0.6) is 0 Å². The normalized spacial score (nSPS) is 24.7. The van der Waals surface area contributed by atoms with Gasteiger partial charge in [0, 0.05) is 44.9 Å². The van der Waals surface area contributed by atoms with Crippen molar-refractivity contribution in [2.75, 3.05) is 33.4 Å². The maximum absolute atomic E-state index is 5.19. The van der Waals surface area contributed by atoms with Crippen LogP contribution in [0.4, 0.5) is 0 Å². The molecule has 0 aromatic heterocycles. The SMILES string of the molecule is CCC1(CC)CN(CCCOC)C(C(C)C)CN1. The molecule has 0 bridgehead atoms. The number of methoxy groups -OCH3 is 1. The van der Waals surface area contributed by atoms with E-state index in [0.29, 0.717) is 17.5 Å². The Bertz CT molecular complexity index is 227. The molecule has 18 heavy (non-hydrogen) atoms. The molecule has 108 valence electrons. The van der Waals surface area contributed by atoms with Gasteiger partial charge >= 0.3 is 0 Å². The van der Waals surface area contributed by atoms with E-state index in [2.05, 4.69) is 37.9 Å². The molecule has 0 aromatic rings. The Morgan fingerprint density at radius 2 is 2.00 bits per heavy atom. The van der Waals surface area contributed by atoms with Gasteiger partial charge in [-0.2, -0.15) is 0 Å². The minimum atomic E-state index is 0.332. The van der Waals surface area contributed by atoms with Gasteiger partial charge in [-0.05, 0) is 25.2 Å². The Morgan fingerprint density at radius 3 is 2.50 bits per heavy atom. The molecule has 0 amide bonds. The molecule has 1 atom stereocenters. The lowest BCUT2D eigenvalue weighted by Crippen LogP contribution is -2.65. The average molecular weight is 256 g/mol. The van der Waals surface area contributed by atoms with Crippen molar-refractivity contribution in [3.63, 3.8) is 0 Å². The molecular weight excluding hydrogens is 224 g/mol. The second-order valence-electron chi connectivity index (χ2n) is 6.00. The fraction of sp³-hybridized carbons (Fsp3) is 1.00. The van der Waals surface area contributed by atoms with Gasteiger partial charge in [0.05, 0.1) is 0 Å². The lowest BCUT2D eigenvalue weighted by molar-refractivity contribution is 0.0434. The molecule has 1 fully saturated rings. The Balaban J connectivity index is 2.63. The third-order valence-corrected chi connectivity index (χ3v) is 4.58. The van der Waals surface area contributed by atoms with E-state index >= 15 is 0 Å². The van der Waals surface area contributed by atoms with Crippen molar-refractivity contribution in [1.82, 2.24) is 10.2 Å². The second kappa shape index (κ2) is 7.46. The molecule has 0 spiro atoms. The second-order valence-corrected chi connectivity index (χ2v) is 6.00. The van der Waals surface area contributed by atoms with Crippen LogP contribution < -0.4 is 5.32 Å². The van der Waals surface area contributed by atoms with Gasteiger partial charge < -0.3 is 10.1 Å². The highest BCUT2D eigenvalue weighted by Crippen LogP contribution is 2.25. The summed E-state index contributed by atoms with van der Waals surface area (Å²) in [6.45, 7) is 13.6. The van der Waals surface area contributed by atoms with Crippen molar-refractivity contribution in [3.05, 3.63) is 0 Å². The van der Waals surface area contributed by atoms with Gasteiger partial charge in [0.2, 0.25) is 0 Å². The van der Waals surface area contributed by atoms with Gasteiger partial charge in [0.15, 0.2) is 0 Å². The van der Waals surface area contributed by atoms with Gasteiger partial charge in [0.25, 0.3) is 0 Å². The van der Waals surface area contributed by atoms with Crippen molar-refractivity contribution in [2.24, 2.45) is 5.92 Å². The summed E-state index contributed by atoms with van der Waals surface area (Å²) in [7, 11) is 1.79. The minimum Gasteiger partial charge on any atom is -0.385 e. The zero-order valence-electron chi connectivity index (χ0n) is 13.0. The summed E-state index contributed by atoms with van der Waals surface area (Å²) in [4.78, 5) is 2.69. The summed E-state index contributed by atoms with van der Waals surface area (Å²) in [5, 5.41) is 3.81. The Labute approximate surface area is 113 Å². The third kappa shape index (κ3) is 3.94. The van der Waals surface area contributed by atoms with E-state index in [9.17, 15) is 0 Å². The molecule has 1 saturated heterocycles. The summed E-state index contributed by atoms with van der Waals surface area (Å²) < 4.78 is 5.19. The summed E-state index contributed by atoms with van der Waals surface area (Å²) in [6.07, 6.45) is 3.58. The number of nitrogens with zero attached hydrogens (tertiary/aromatic N) is 1. The van der Waals surface area contributed by atoms with Gasteiger partial charge in [-0.3, -0.25) is 4.90 Å². The van der Waals surface area contributed by atoms with Crippen LogP contribution in [-0.2, 0) is 4.74 Å². The zero-order chi connectivity index (χ0) is 13.6. The van der Waals surface area contributed by atoms with Crippen LogP contribution in [0, 0.1) is 5.92 Å². The molecule has 1 unspecified atom stereocenters. The van der Waals surface area contributed by atoms with Crippen molar-refractivity contribution in [1.29, 1.82) is 0 Å². The van der Waals surface area contributed by atoms with Gasteiger partial charge in [-0.25, -0.2) is 0 Å². The van der Waals surface area contributed by atoms with Crippen molar-refractivity contribution in [3.8, 4) is 0 Å². The van der Waals surface area contributed by atoms with Gasteiger partial charge in [0.1, 0.15) is 0 Å². The largest absolute Gasteiger partial charge is 0.385 e. The molecular formula is C15H32N2O. The molecule has 0 radical (unpaired) electrons.